The Bertz CT molecular complexity index is 1230. The maximum absolute atomic E-state index is 14.8. The molecule has 2 fully saturated rings. The monoisotopic (exact) mass is 566 g/mol. The highest BCUT2D eigenvalue weighted by Gasteiger charge is 2.53. The van der Waals surface area contributed by atoms with Crippen LogP contribution in [0.5, 0.6) is 0 Å². The zero-order chi connectivity index (χ0) is 27.8. The second-order valence-electron chi connectivity index (χ2n) is 10.4. The van der Waals surface area contributed by atoms with Gasteiger partial charge in [0.15, 0.2) is 5.67 Å². The average Bonchev–Trinajstić information content (AvgIpc) is 3.29. The van der Waals surface area contributed by atoms with Gasteiger partial charge in [-0.1, -0.05) is 12.1 Å². The molecule has 0 spiro atoms. The van der Waals surface area contributed by atoms with Gasteiger partial charge in [0, 0.05) is 29.8 Å². The molecule has 8 nitrogen and oxygen atoms in total. The molecule has 1 saturated heterocycles. The van der Waals surface area contributed by atoms with Gasteiger partial charge in [0.1, 0.15) is 17.9 Å². The van der Waals surface area contributed by atoms with E-state index >= 15 is 0 Å². The first-order valence-corrected chi connectivity index (χ1v) is 14.5. The summed E-state index contributed by atoms with van der Waals surface area (Å²) in [4.78, 5) is 45.4. The second kappa shape index (κ2) is 10.9. The van der Waals surface area contributed by atoms with E-state index in [4.69, 9.17) is 0 Å². The number of thioether (sulfide) groups is 1. The number of nitrogens with one attached hydrogen (secondary N) is 2. The maximum atomic E-state index is 14.8. The number of aliphatic hydroxyl groups is 1. The highest BCUT2D eigenvalue weighted by molar-refractivity contribution is 8.00. The first-order valence-electron chi connectivity index (χ1n) is 12.4. The van der Waals surface area contributed by atoms with Gasteiger partial charge in [-0.15, -0.1) is 11.3 Å². The third kappa shape index (κ3) is 5.86. The number of carbonyl (C=O) groups excluding carboxylic acids is 3. The van der Waals surface area contributed by atoms with E-state index in [2.05, 4.69) is 15.6 Å². The number of β-amino-alcohol motifs (C(OH)–C–C–N with tert-alkyl or cyclic N) is 1. The summed E-state index contributed by atoms with van der Waals surface area (Å²) in [6.07, 6.45) is 1.08. The molecule has 1 unspecified atom stereocenters. The molecular weight excluding hydrogens is 534 g/mol. The van der Waals surface area contributed by atoms with E-state index in [-0.39, 0.29) is 32.4 Å². The van der Waals surface area contributed by atoms with Gasteiger partial charge in [-0.2, -0.15) is 11.8 Å². The standard InChI is InChI=1S/C26H32F2N4O4S2/c1-14-20(38-13-30-14)17-6-5-15(9-18(17)27)11-29-22(34)19-10-16(33)12-32(19)23(35)21(25(2,3)37-4)31-24(36)26(28)7-8-26/h5-6,9,13,16,19,21,33H,7-8,10-12H2,1-4H3,(H,29,34)(H,31,36)/t16-,19?,21-/m1/s1. The van der Waals surface area contributed by atoms with Crippen LogP contribution in [-0.4, -0.2) is 74.1 Å². The number of thiazole rings is 1. The summed E-state index contributed by atoms with van der Waals surface area (Å²) < 4.78 is 28.4. The van der Waals surface area contributed by atoms with Crippen LogP contribution >= 0.6 is 23.1 Å². The molecule has 206 valence electrons. The lowest BCUT2D eigenvalue weighted by Crippen LogP contribution is -2.60. The number of hydrogen-bond donors (Lipinski definition) is 3. The zero-order valence-electron chi connectivity index (χ0n) is 21.7. The molecule has 2 heterocycles. The van der Waals surface area contributed by atoms with Gasteiger partial charge >= 0.3 is 0 Å². The zero-order valence-corrected chi connectivity index (χ0v) is 23.3. The number of alkyl halides is 1. The predicted molar refractivity (Wildman–Crippen MR) is 143 cm³/mol. The topological polar surface area (TPSA) is 112 Å². The van der Waals surface area contributed by atoms with E-state index in [0.29, 0.717) is 11.1 Å². The number of aliphatic hydroxyl groups excluding tert-OH is 1. The van der Waals surface area contributed by atoms with Crippen LogP contribution in [0.4, 0.5) is 8.78 Å². The molecule has 3 atom stereocenters. The van der Waals surface area contributed by atoms with Gasteiger partial charge < -0.3 is 20.6 Å². The molecule has 0 bridgehead atoms. The van der Waals surface area contributed by atoms with Crippen LogP contribution in [-0.2, 0) is 20.9 Å². The number of benzene rings is 1. The van der Waals surface area contributed by atoms with Crippen LogP contribution in [0.15, 0.2) is 23.7 Å². The number of aromatic nitrogens is 1. The number of likely N-dealkylation sites (tertiary alicyclic amines) is 1. The molecule has 1 aliphatic carbocycles. The fourth-order valence-corrected chi connectivity index (χ4v) is 5.67. The Morgan fingerprint density at radius 3 is 2.63 bits per heavy atom. The van der Waals surface area contributed by atoms with Crippen LogP contribution in [0.25, 0.3) is 10.4 Å². The summed E-state index contributed by atoms with van der Waals surface area (Å²) in [5, 5.41) is 15.6. The number of halogens is 2. The summed E-state index contributed by atoms with van der Waals surface area (Å²) in [5.74, 6) is -2.34. The summed E-state index contributed by atoms with van der Waals surface area (Å²) >= 11 is 2.67. The maximum Gasteiger partial charge on any atom is 0.258 e. The lowest BCUT2D eigenvalue weighted by Gasteiger charge is -2.36. The van der Waals surface area contributed by atoms with Crippen molar-refractivity contribution in [2.24, 2.45) is 0 Å². The molecule has 0 radical (unpaired) electrons. The molecule has 38 heavy (non-hydrogen) atoms. The van der Waals surface area contributed by atoms with Crippen LogP contribution < -0.4 is 10.6 Å². The van der Waals surface area contributed by atoms with Gasteiger partial charge in [0.2, 0.25) is 11.8 Å². The molecular formula is C26H32F2N4O4S2. The van der Waals surface area contributed by atoms with Crippen molar-refractivity contribution < 1.29 is 28.3 Å². The van der Waals surface area contributed by atoms with Gasteiger partial charge in [-0.3, -0.25) is 14.4 Å². The van der Waals surface area contributed by atoms with E-state index in [1.54, 1.807) is 44.7 Å². The Hall–Kier alpha value is -2.57. The van der Waals surface area contributed by atoms with Crippen molar-refractivity contribution >= 4 is 40.8 Å². The van der Waals surface area contributed by atoms with Gasteiger partial charge in [-0.05, 0) is 51.5 Å². The van der Waals surface area contributed by atoms with Crippen molar-refractivity contribution in [1.29, 1.82) is 0 Å². The van der Waals surface area contributed by atoms with Gasteiger partial charge in [-0.25, -0.2) is 13.8 Å². The van der Waals surface area contributed by atoms with E-state index in [1.807, 2.05) is 0 Å². The van der Waals surface area contributed by atoms with E-state index < -0.39 is 52.1 Å². The van der Waals surface area contributed by atoms with Gasteiger partial charge in [0.25, 0.3) is 5.91 Å². The first-order chi connectivity index (χ1) is 17.9. The summed E-state index contributed by atoms with van der Waals surface area (Å²) in [7, 11) is 0. The first kappa shape index (κ1) is 28.4. The van der Waals surface area contributed by atoms with Crippen LogP contribution in [0.2, 0.25) is 0 Å². The van der Waals surface area contributed by atoms with Crippen molar-refractivity contribution in [2.75, 3.05) is 12.8 Å². The summed E-state index contributed by atoms with van der Waals surface area (Å²) in [6.45, 7) is 5.25. The normalized spacial score (nSPS) is 21.2. The van der Waals surface area contributed by atoms with Crippen LogP contribution in [0.1, 0.15) is 44.4 Å². The minimum Gasteiger partial charge on any atom is -0.391 e. The van der Waals surface area contributed by atoms with Crippen LogP contribution in [0.3, 0.4) is 0 Å². The summed E-state index contributed by atoms with van der Waals surface area (Å²) in [6, 6.07) is 2.61. The van der Waals surface area contributed by atoms with Crippen molar-refractivity contribution in [1.82, 2.24) is 20.5 Å². The number of amides is 3. The molecule has 1 saturated carbocycles. The minimum absolute atomic E-state index is 0.0168. The predicted octanol–water partition coefficient (Wildman–Crippen LogP) is 2.96. The lowest BCUT2D eigenvalue weighted by atomic mass is 10.00. The lowest BCUT2D eigenvalue weighted by molar-refractivity contribution is -0.143. The minimum atomic E-state index is -1.96. The van der Waals surface area contributed by atoms with Crippen molar-refractivity contribution in [2.45, 2.75) is 75.2 Å². The Balaban J connectivity index is 1.46. The van der Waals surface area contributed by atoms with Gasteiger partial charge in [0.05, 0.1) is 22.2 Å². The molecule has 1 aromatic carbocycles. The fraction of sp³-hybridized carbons (Fsp3) is 0.538. The number of nitrogens with zero attached hydrogens (tertiary/aromatic N) is 2. The molecule has 2 aliphatic rings. The molecule has 1 aliphatic heterocycles. The SMILES string of the molecule is CSC(C)(C)[C@H](NC(=O)C1(F)CC1)C(=O)N1C[C@H](O)CC1C(=O)NCc1ccc(-c2scnc2C)c(F)c1. The van der Waals surface area contributed by atoms with Crippen LogP contribution in [0, 0.1) is 12.7 Å². The second-order valence-corrected chi connectivity index (χ2v) is 12.7. The highest BCUT2D eigenvalue weighted by Crippen LogP contribution is 2.40. The molecule has 2 aromatic rings. The Morgan fingerprint density at radius 1 is 1.34 bits per heavy atom. The highest BCUT2D eigenvalue weighted by atomic mass is 32.2. The Labute approximate surface area is 228 Å². The Kier molecular flexibility index (Phi) is 8.15. The van der Waals surface area contributed by atoms with Crippen molar-refractivity contribution in [3.05, 3.63) is 40.8 Å². The molecule has 3 N–H and O–H groups in total. The largest absolute Gasteiger partial charge is 0.391 e. The quantitative estimate of drug-likeness (QED) is 0.431. The van der Waals surface area contributed by atoms with Crippen molar-refractivity contribution in [3.63, 3.8) is 0 Å². The average molecular weight is 567 g/mol. The fourth-order valence-electron chi connectivity index (χ4n) is 4.44. The number of rotatable bonds is 9. The third-order valence-corrected chi connectivity index (χ3v) is 9.44. The third-order valence-electron chi connectivity index (χ3n) is 7.19. The number of carbonyl (C=O) groups is 3. The molecule has 12 heteroatoms. The number of aryl methyl sites for hydroxylation is 1. The molecule has 4 rings (SSSR count). The molecule has 1 aromatic heterocycles. The van der Waals surface area contributed by atoms with E-state index in [9.17, 15) is 28.3 Å². The van der Waals surface area contributed by atoms with E-state index in [0.717, 1.165) is 10.6 Å². The summed E-state index contributed by atoms with van der Waals surface area (Å²) in [5.41, 5.74) is 1.39. The van der Waals surface area contributed by atoms with E-state index in [1.165, 1.54) is 34.1 Å². The molecule has 3 amide bonds. The Morgan fingerprint density at radius 2 is 2.05 bits per heavy atom. The van der Waals surface area contributed by atoms with Crippen molar-refractivity contribution in [3.8, 4) is 10.4 Å². The number of hydrogen-bond acceptors (Lipinski definition) is 7. The smallest absolute Gasteiger partial charge is 0.258 e.